The molecular weight excluding hydrogens is 529 g/mol. The lowest BCUT2D eigenvalue weighted by Crippen LogP contribution is -2.40. The van der Waals surface area contributed by atoms with Gasteiger partial charge in [0.1, 0.15) is 0 Å². The lowest BCUT2D eigenvalue weighted by molar-refractivity contribution is 0.462. The maximum absolute atomic E-state index is 6.31. The summed E-state index contributed by atoms with van der Waals surface area (Å²) in [5.74, 6) is 0. The van der Waals surface area contributed by atoms with E-state index in [2.05, 4.69) is 76.3 Å². The van der Waals surface area contributed by atoms with Gasteiger partial charge in [0.05, 0.1) is 17.4 Å². The van der Waals surface area contributed by atoms with Crippen LogP contribution in [0.2, 0.25) is 10.0 Å². The van der Waals surface area contributed by atoms with Crippen LogP contribution in [0.4, 0.5) is 0 Å². The average Bonchev–Trinajstić information content (AvgIpc) is 3.37. The number of rotatable bonds is 3. The summed E-state index contributed by atoms with van der Waals surface area (Å²) in [6.07, 6.45) is 2.22. The molecule has 0 radical (unpaired) electrons. The topological polar surface area (TPSA) is 27.6 Å². The zero-order valence-electron chi connectivity index (χ0n) is 20.4. The van der Waals surface area contributed by atoms with E-state index in [0.717, 1.165) is 39.6 Å². The number of fused-ring (bicyclic) bond motifs is 2. The number of halogens is 2. The first-order chi connectivity index (χ1) is 18.6. The summed E-state index contributed by atoms with van der Waals surface area (Å²) in [4.78, 5) is 7.66. The van der Waals surface area contributed by atoms with E-state index in [4.69, 9.17) is 28.2 Å². The van der Waals surface area contributed by atoms with Crippen molar-refractivity contribution in [2.75, 3.05) is 13.1 Å². The van der Waals surface area contributed by atoms with E-state index in [1.165, 1.54) is 38.7 Å². The van der Waals surface area contributed by atoms with Gasteiger partial charge in [0, 0.05) is 28.5 Å². The summed E-state index contributed by atoms with van der Waals surface area (Å²) in [6, 6.07) is 31.4. The summed E-state index contributed by atoms with van der Waals surface area (Å²) < 4.78 is 0. The van der Waals surface area contributed by atoms with Gasteiger partial charge in [-0.3, -0.25) is 0 Å². The second-order valence-electron chi connectivity index (χ2n) is 9.60. The molecule has 0 fully saturated rings. The van der Waals surface area contributed by atoms with Gasteiger partial charge in [-0.2, -0.15) is 0 Å². The van der Waals surface area contributed by atoms with Gasteiger partial charge in [-0.1, -0.05) is 95.6 Å². The van der Waals surface area contributed by atoms with Crippen molar-refractivity contribution in [1.29, 1.82) is 0 Å². The molecule has 3 heterocycles. The summed E-state index contributed by atoms with van der Waals surface area (Å²) in [6.45, 7) is 1.53. The zero-order valence-corrected chi connectivity index (χ0v) is 22.7. The molecule has 0 saturated carbocycles. The van der Waals surface area contributed by atoms with Crippen LogP contribution in [-0.4, -0.2) is 23.2 Å². The summed E-state index contributed by atoms with van der Waals surface area (Å²) in [5.41, 5.74) is 8.17. The van der Waals surface area contributed by atoms with Crippen LogP contribution in [0, 0.1) is 0 Å². The summed E-state index contributed by atoms with van der Waals surface area (Å²) in [5, 5.41) is 10.8. The fourth-order valence-corrected chi connectivity index (χ4v) is 6.59. The monoisotopic (exact) mass is 551 g/mol. The van der Waals surface area contributed by atoms with Crippen LogP contribution < -0.4 is 5.32 Å². The van der Waals surface area contributed by atoms with E-state index in [-0.39, 0.29) is 6.04 Å². The van der Waals surface area contributed by atoms with Crippen molar-refractivity contribution < 1.29 is 0 Å². The summed E-state index contributed by atoms with van der Waals surface area (Å²) >= 11 is 14.1. The molecule has 3 aliphatic heterocycles. The Balaban J connectivity index is 1.36. The van der Waals surface area contributed by atoms with Crippen LogP contribution >= 0.6 is 35.0 Å². The fraction of sp³-hybridized carbons (Fsp3) is 0.0938. The maximum atomic E-state index is 6.31. The van der Waals surface area contributed by atoms with Crippen molar-refractivity contribution in [3.8, 4) is 0 Å². The first-order valence-electron chi connectivity index (χ1n) is 12.5. The Hall–Kier alpha value is -3.28. The lowest BCUT2D eigenvalue weighted by atomic mass is 9.88. The molecule has 3 nitrogen and oxygen atoms in total. The van der Waals surface area contributed by atoms with Crippen molar-refractivity contribution in [3.63, 3.8) is 0 Å². The predicted octanol–water partition coefficient (Wildman–Crippen LogP) is 8.55. The third kappa shape index (κ3) is 4.28. The van der Waals surface area contributed by atoms with Gasteiger partial charge in [-0.15, -0.1) is 0 Å². The minimum atomic E-state index is 0.00362. The zero-order chi connectivity index (χ0) is 25.6. The Labute approximate surface area is 236 Å². The van der Waals surface area contributed by atoms with Crippen LogP contribution in [-0.2, 0) is 0 Å². The molecule has 0 bridgehead atoms. The Morgan fingerprint density at radius 3 is 2.37 bits per heavy atom. The number of nitrogens with zero attached hydrogens (tertiary/aromatic N) is 2. The molecule has 6 heteroatoms. The number of thioether (sulfide) groups is 1. The molecule has 1 atom stereocenters. The molecular formula is C32H23Cl2N3S. The molecule has 1 unspecified atom stereocenters. The Kier molecular flexibility index (Phi) is 6.13. The van der Waals surface area contributed by atoms with E-state index < -0.39 is 0 Å². The van der Waals surface area contributed by atoms with Gasteiger partial charge in [0.25, 0.3) is 0 Å². The molecule has 0 aromatic heterocycles. The van der Waals surface area contributed by atoms with Crippen molar-refractivity contribution in [2.45, 2.75) is 6.04 Å². The first-order valence-corrected chi connectivity index (χ1v) is 14.2. The number of hydrogen-bond donors (Lipinski definition) is 1. The minimum absolute atomic E-state index is 0.00362. The lowest BCUT2D eigenvalue weighted by Gasteiger charge is -2.40. The van der Waals surface area contributed by atoms with Crippen molar-refractivity contribution in [3.05, 3.63) is 140 Å². The largest absolute Gasteiger partial charge is 0.309 e. The van der Waals surface area contributed by atoms with Crippen LogP contribution in [0.3, 0.4) is 0 Å². The number of benzene rings is 4. The second-order valence-corrected chi connectivity index (χ2v) is 11.3. The smallest absolute Gasteiger partial charge is 0.174 e. The molecule has 186 valence electrons. The molecule has 4 aromatic rings. The van der Waals surface area contributed by atoms with Crippen LogP contribution in [0.5, 0.6) is 0 Å². The highest BCUT2D eigenvalue weighted by Gasteiger charge is 2.40. The SMILES string of the molecule is Clc1ccc(/C=C2/CNCC3=C2N=C2SC=C(c4ccc5ccccc5c4)N2C3c2ccc(Cl)cc2)cc1. The maximum Gasteiger partial charge on any atom is 0.174 e. The summed E-state index contributed by atoms with van der Waals surface area (Å²) in [7, 11) is 0. The number of hydrogen-bond acceptors (Lipinski definition) is 4. The van der Waals surface area contributed by atoms with Gasteiger partial charge >= 0.3 is 0 Å². The van der Waals surface area contributed by atoms with Gasteiger partial charge in [0.15, 0.2) is 5.17 Å². The van der Waals surface area contributed by atoms with E-state index in [1.807, 2.05) is 36.4 Å². The Bertz CT molecular complexity index is 1680. The molecule has 1 N–H and O–H groups in total. The predicted molar refractivity (Wildman–Crippen MR) is 162 cm³/mol. The van der Waals surface area contributed by atoms with Crippen molar-refractivity contribution in [2.24, 2.45) is 4.99 Å². The molecule has 3 aliphatic rings. The molecule has 0 spiro atoms. The van der Waals surface area contributed by atoms with Gasteiger partial charge in [-0.25, -0.2) is 4.99 Å². The number of amidine groups is 1. The normalized spacial score (nSPS) is 19.9. The third-order valence-electron chi connectivity index (χ3n) is 7.22. The Morgan fingerprint density at radius 2 is 1.58 bits per heavy atom. The van der Waals surface area contributed by atoms with Crippen LogP contribution in [0.25, 0.3) is 22.5 Å². The molecule has 0 amide bonds. The standard InChI is InChI=1S/C32H23Cl2N3S/c33-26-11-5-20(6-12-26)15-25-17-35-18-28-30(25)36-32-37(31(28)22-9-13-27(34)14-10-22)29(19-38-32)24-8-7-21-3-1-2-4-23(21)16-24/h1-16,19,31,35H,17-18H2/b25-15-. The minimum Gasteiger partial charge on any atom is -0.309 e. The molecule has 4 aromatic carbocycles. The quantitative estimate of drug-likeness (QED) is 0.276. The van der Waals surface area contributed by atoms with Crippen LogP contribution in [0.1, 0.15) is 22.7 Å². The molecule has 0 saturated heterocycles. The van der Waals surface area contributed by atoms with Crippen molar-refractivity contribution in [1.82, 2.24) is 10.2 Å². The number of aliphatic imine (C=N–C) groups is 1. The van der Waals surface area contributed by atoms with Gasteiger partial charge in [-0.05, 0) is 75.0 Å². The third-order valence-corrected chi connectivity index (χ3v) is 8.56. The van der Waals surface area contributed by atoms with Crippen LogP contribution in [0.15, 0.2) is 118 Å². The Morgan fingerprint density at radius 1 is 0.842 bits per heavy atom. The van der Waals surface area contributed by atoms with E-state index in [1.54, 1.807) is 11.8 Å². The molecule has 38 heavy (non-hydrogen) atoms. The molecule has 7 rings (SSSR count). The average molecular weight is 553 g/mol. The van der Waals surface area contributed by atoms with Gasteiger partial charge in [0.2, 0.25) is 0 Å². The fourth-order valence-electron chi connectivity index (χ4n) is 5.41. The van der Waals surface area contributed by atoms with Crippen molar-refractivity contribution >= 4 is 62.7 Å². The second kappa shape index (κ2) is 9.79. The van der Waals surface area contributed by atoms with E-state index >= 15 is 0 Å². The highest BCUT2D eigenvalue weighted by molar-refractivity contribution is 8.16. The highest BCUT2D eigenvalue weighted by Crippen LogP contribution is 2.48. The number of nitrogens with one attached hydrogen (secondary N) is 1. The first kappa shape index (κ1) is 23.8. The van der Waals surface area contributed by atoms with E-state index in [0.29, 0.717) is 0 Å². The molecule has 0 aliphatic carbocycles. The highest BCUT2D eigenvalue weighted by atomic mass is 35.5. The van der Waals surface area contributed by atoms with E-state index in [9.17, 15) is 0 Å². The van der Waals surface area contributed by atoms with Gasteiger partial charge < -0.3 is 10.2 Å².